The van der Waals surface area contributed by atoms with Gasteiger partial charge in [0.1, 0.15) is 0 Å². The van der Waals surface area contributed by atoms with Gasteiger partial charge in [-0.2, -0.15) is 0 Å². The van der Waals surface area contributed by atoms with Crippen LogP contribution in [0.25, 0.3) is 5.57 Å². The first kappa shape index (κ1) is 17.0. The van der Waals surface area contributed by atoms with Crippen LogP contribution in [0.2, 0.25) is 0 Å². The van der Waals surface area contributed by atoms with Crippen LogP contribution in [0.4, 0.5) is 0 Å². The molecule has 0 amide bonds. The fraction of sp³-hybridized carbons (Fsp3) is 0.286. The van der Waals surface area contributed by atoms with Crippen molar-refractivity contribution >= 4 is 11.4 Å². The summed E-state index contributed by atoms with van der Waals surface area (Å²) in [7, 11) is 0. The maximum Gasteiger partial charge on any atom is 0.0985 e. The maximum absolute atomic E-state index is 6.14. The SMILES string of the molecule is C=C(CN=C(N)Cc1ccccc1CC)c1ccccc1CC. The Kier molecular flexibility index (Phi) is 6.16. The second kappa shape index (κ2) is 8.33. The van der Waals surface area contributed by atoms with Gasteiger partial charge in [0.2, 0.25) is 0 Å². The van der Waals surface area contributed by atoms with Crippen LogP contribution in [0, 0.1) is 0 Å². The molecule has 2 rings (SSSR count). The summed E-state index contributed by atoms with van der Waals surface area (Å²) < 4.78 is 0. The van der Waals surface area contributed by atoms with Gasteiger partial charge in [0.15, 0.2) is 0 Å². The number of amidine groups is 1. The molecule has 0 aliphatic rings. The van der Waals surface area contributed by atoms with Crippen LogP contribution in [0.15, 0.2) is 60.1 Å². The summed E-state index contributed by atoms with van der Waals surface area (Å²) in [5, 5.41) is 0. The van der Waals surface area contributed by atoms with E-state index in [4.69, 9.17) is 5.73 Å². The lowest BCUT2D eigenvalue weighted by Crippen LogP contribution is -2.16. The highest BCUT2D eigenvalue weighted by Crippen LogP contribution is 2.18. The highest BCUT2D eigenvalue weighted by Gasteiger charge is 2.05. The van der Waals surface area contributed by atoms with Crippen molar-refractivity contribution < 1.29 is 0 Å². The van der Waals surface area contributed by atoms with Gasteiger partial charge in [0.05, 0.1) is 12.4 Å². The number of nitrogens with zero attached hydrogens (tertiary/aromatic N) is 1. The number of aliphatic imine (C=N–C) groups is 1. The Morgan fingerprint density at radius 1 is 0.913 bits per heavy atom. The van der Waals surface area contributed by atoms with Gasteiger partial charge in [-0.3, -0.25) is 4.99 Å². The van der Waals surface area contributed by atoms with Crippen LogP contribution < -0.4 is 5.73 Å². The van der Waals surface area contributed by atoms with E-state index in [0.29, 0.717) is 18.8 Å². The van der Waals surface area contributed by atoms with Crippen molar-refractivity contribution in [3.8, 4) is 0 Å². The molecule has 0 heterocycles. The van der Waals surface area contributed by atoms with E-state index in [0.717, 1.165) is 18.4 Å². The van der Waals surface area contributed by atoms with Crippen LogP contribution in [0.1, 0.15) is 36.1 Å². The largest absolute Gasteiger partial charge is 0.387 e. The monoisotopic (exact) mass is 306 g/mol. The van der Waals surface area contributed by atoms with Gasteiger partial charge in [0, 0.05) is 6.42 Å². The van der Waals surface area contributed by atoms with Crippen LogP contribution in [0.3, 0.4) is 0 Å². The van der Waals surface area contributed by atoms with Crippen molar-refractivity contribution in [2.75, 3.05) is 6.54 Å². The zero-order chi connectivity index (χ0) is 16.7. The minimum absolute atomic E-state index is 0.553. The molecule has 0 aliphatic heterocycles. The molecule has 120 valence electrons. The summed E-state index contributed by atoms with van der Waals surface area (Å²) in [6.07, 6.45) is 2.71. The van der Waals surface area contributed by atoms with E-state index in [-0.39, 0.29) is 0 Å². The van der Waals surface area contributed by atoms with Gasteiger partial charge >= 0.3 is 0 Å². The second-order valence-electron chi connectivity index (χ2n) is 5.72. The van der Waals surface area contributed by atoms with Crippen molar-refractivity contribution in [2.24, 2.45) is 10.7 Å². The molecule has 0 saturated heterocycles. The number of aryl methyl sites for hydroxylation is 2. The number of hydrogen-bond donors (Lipinski definition) is 1. The van der Waals surface area contributed by atoms with Crippen molar-refractivity contribution in [2.45, 2.75) is 33.1 Å². The van der Waals surface area contributed by atoms with Gasteiger partial charge in [0.25, 0.3) is 0 Å². The highest BCUT2D eigenvalue weighted by atomic mass is 14.8. The number of hydrogen-bond acceptors (Lipinski definition) is 1. The van der Waals surface area contributed by atoms with Crippen molar-refractivity contribution in [1.29, 1.82) is 0 Å². The lowest BCUT2D eigenvalue weighted by atomic mass is 9.99. The molecule has 2 N–H and O–H groups in total. The molecule has 0 spiro atoms. The highest BCUT2D eigenvalue weighted by molar-refractivity contribution is 5.84. The topological polar surface area (TPSA) is 38.4 Å². The Hall–Kier alpha value is -2.35. The van der Waals surface area contributed by atoms with Crippen molar-refractivity contribution in [3.05, 3.63) is 77.4 Å². The van der Waals surface area contributed by atoms with Crippen LogP contribution >= 0.6 is 0 Å². The summed E-state index contributed by atoms with van der Waals surface area (Å²) in [5.41, 5.74) is 12.3. The third kappa shape index (κ3) is 4.56. The average molecular weight is 306 g/mol. The summed E-state index contributed by atoms with van der Waals surface area (Å²) in [6.45, 7) is 9.06. The van der Waals surface area contributed by atoms with Crippen LogP contribution in [-0.4, -0.2) is 12.4 Å². The zero-order valence-electron chi connectivity index (χ0n) is 14.2. The maximum atomic E-state index is 6.14. The molecular formula is C21H26N2. The Bertz CT molecular complexity index is 698. The van der Waals surface area contributed by atoms with Gasteiger partial charge in [-0.05, 0) is 40.7 Å². The molecule has 0 atom stereocenters. The Labute approximate surface area is 139 Å². The molecule has 0 aromatic heterocycles. The van der Waals surface area contributed by atoms with Crippen LogP contribution in [-0.2, 0) is 19.3 Å². The van der Waals surface area contributed by atoms with Gasteiger partial charge < -0.3 is 5.73 Å². The standard InChI is InChI=1S/C21H26N2/c1-4-17-10-6-7-12-19(17)14-21(22)23-15-16(3)20-13-9-8-11-18(20)5-2/h6-13H,3-5,14-15H2,1-2H3,(H2,22,23). The van der Waals surface area contributed by atoms with Gasteiger partial charge in [-0.25, -0.2) is 0 Å². The molecule has 2 aromatic carbocycles. The van der Waals surface area contributed by atoms with E-state index in [1.807, 2.05) is 6.07 Å². The molecular weight excluding hydrogens is 280 g/mol. The van der Waals surface area contributed by atoms with Crippen molar-refractivity contribution in [3.63, 3.8) is 0 Å². The van der Waals surface area contributed by atoms with Gasteiger partial charge in [-0.15, -0.1) is 0 Å². The fourth-order valence-corrected chi connectivity index (χ4v) is 2.78. The Morgan fingerprint density at radius 3 is 2.13 bits per heavy atom. The summed E-state index contributed by atoms with van der Waals surface area (Å²) in [4.78, 5) is 4.54. The molecule has 0 aliphatic carbocycles. The summed E-state index contributed by atoms with van der Waals surface area (Å²) >= 11 is 0. The van der Waals surface area contributed by atoms with E-state index in [2.05, 4.69) is 67.9 Å². The first-order valence-corrected chi connectivity index (χ1v) is 8.27. The molecule has 0 saturated carbocycles. The quantitative estimate of drug-likeness (QED) is 0.596. The average Bonchev–Trinajstić information content (AvgIpc) is 2.60. The predicted octanol–water partition coefficient (Wildman–Crippen LogP) is 4.42. The number of nitrogens with two attached hydrogens (primary N) is 1. The molecule has 2 nitrogen and oxygen atoms in total. The Balaban J connectivity index is 2.06. The summed E-state index contributed by atoms with van der Waals surface area (Å²) in [6, 6.07) is 16.8. The smallest absolute Gasteiger partial charge is 0.0985 e. The van der Waals surface area contributed by atoms with E-state index in [1.54, 1.807) is 0 Å². The third-order valence-corrected chi connectivity index (χ3v) is 4.12. The molecule has 0 bridgehead atoms. The third-order valence-electron chi connectivity index (χ3n) is 4.12. The molecule has 2 aromatic rings. The van der Waals surface area contributed by atoms with E-state index >= 15 is 0 Å². The molecule has 2 heteroatoms. The zero-order valence-corrected chi connectivity index (χ0v) is 14.2. The Morgan fingerprint density at radius 2 is 1.48 bits per heavy atom. The van der Waals surface area contributed by atoms with Crippen LogP contribution in [0.5, 0.6) is 0 Å². The normalized spacial score (nSPS) is 11.5. The number of benzene rings is 2. The molecule has 0 radical (unpaired) electrons. The first-order valence-electron chi connectivity index (χ1n) is 8.27. The number of rotatable bonds is 7. The first-order chi connectivity index (χ1) is 11.2. The summed E-state index contributed by atoms with van der Waals surface area (Å²) in [5.74, 6) is 0.668. The van der Waals surface area contributed by atoms with Gasteiger partial charge in [-0.1, -0.05) is 69.0 Å². The molecule has 0 fully saturated rings. The lowest BCUT2D eigenvalue weighted by Gasteiger charge is -2.10. The molecule has 23 heavy (non-hydrogen) atoms. The van der Waals surface area contributed by atoms with Crippen molar-refractivity contribution in [1.82, 2.24) is 0 Å². The second-order valence-corrected chi connectivity index (χ2v) is 5.72. The fourth-order valence-electron chi connectivity index (χ4n) is 2.78. The predicted molar refractivity (Wildman–Crippen MR) is 101 cm³/mol. The minimum atomic E-state index is 0.553. The molecule has 0 unspecified atom stereocenters. The van der Waals surface area contributed by atoms with E-state index in [1.165, 1.54) is 22.3 Å². The van der Waals surface area contributed by atoms with E-state index < -0.39 is 0 Å². The minimum Gasteiger partial charge on any atom is -0.387 e. The lowest BCUT2D eigenvalue weighted by molar-refractivity contribution is 1.08. The van der Waals surface area contributed by atoms with E-state index in [9.17, 15) is 0 Å².